The molecule has 1 heterocycles. The van der Waals surface area contributed by atoms with Crippen molar-refractivity contribution in [1.82, 2.24) is 5.32 Å². The molecule has 0 aliphatic heterocycles. The van der Waals surface area contributed by atoms with E-state index in [1.54, 1.807) is 11.3 Å². The minimum absolute atomic E-state index is 0.0553. The number of carboxylic acid groups (broad SMARTS) is 1. The van der Waals surface area contributed by atoms with E-state index in [0.29, 0.717) is 12.2 Å². The molecular weight excluding hydrogens is 274 g/mol. The number of thiophene rings is 1. The largest absolute Gasteiger partial charge is 0.480 e. The number of hydrogen-bond donors (Lipinski definition) is 2. The number of aliphatic carboxylic acids is 1. The van der Waals surface area contributed by atoms with Crippen molar-refractivity contribution in [1.29, 1.82) is 0 Å². The molecule has 2 N–H and O–H groups in total. The topological polar surface area (TPSA) is 83.5 Å². The lowest BCUT2D eigenvalue weighted by Crippen LogP contribution is -2.43. The predicted octanol–water partition coefficient (Wildman–Crippen LogP) is 0.629. The van der Waals surface area contributed by atoms with Crippen molar-refractivity contribution in [2.45, 2.75) is 19.4 Å². The van der Waals surface area contributed by atoms with E-state index in [1.807, 2.05) is 17.5 Å². The van der Waals surface area contributed by atoms with Crippen LogP contribution in [-0.4, -0.2) is 38.7 Å². The molecule has 0 aliphatic rings. The van der Waals surface area contributed by atoms with Gasteiger partial charge in [-0.3, -0.25) is 9.00 Å². The van der Waals surface area contributed by atoms with Crippen molar-refractivity contribution < 1.29 is 18.9 Å². The quantitative estimate of drug-likeness (QED) is 0.771. The maximum atomic E-state index is 11.7. The van der Waals surface area contributed by atoms with Gasteiger partial charge in [0.1, 0.15) is 6.04 Å². The number of nitrogens with one attached hydrogen (secondary N) is 1. The second-order valence-electron chi connectivity index (χ2n) is 3.73. The first-order chi connectivity index (χ1) is 8.49. The molecule has 1 aromatic heterocycles. The van der Waals surface area contributed by atoms with Gasteiger partial charge in [-0.1, -0.05) is 6.07 Å². The lowest BCUT2D eigenvalue weighted by atomic mass is 10.3. The monoisotopic (exact) mass is 289 g/mol. The Morgan fingerprint density at radius 1 is 1.56 bits per heavy atom. The van der Waals surface area contributed by atoms with E-state index in [2.05, 4.69) is 5.32 Å². The van der Waals surface area contributed by atoms with Crippen LogP contribution in [-0.2, 0) is 26.8 Å². The summed E-state index contributed by atoms with van der Waals surface area (Å²) in [5, 5.41) is 13.1. The molecule has 5 nitrogen and oxygen atoms in total. The van der Waals surface area contributed by atoms with Crippen LogP contribution in [0.1, 0.15) is 11.8 Å². The zero-order chi connectivity index (χ0) is 13.5. The molecule has 1 amide bonds. The third-order valence-electron chi connectivity index (χ3n) is 2.18. The summed E-state index contributed by atoms with van der Waals surface area (Å²) in [6, 6.07) is 2.79. The lowest BCUT2D eigenvalue weighted by Gasteiger charge is -2.12. The summed E-state index contributed by atoms with van der Waals surface area (Å²) < 4.78 is 11.7. The number of carbonyl (C=O) groups excluding carboxylic acids is 1. The van der Waals surface area contributed by atoms with Crippen LogP contribution < -0.4 is 5.32 Å². The highest BCUT2D eigenvalue weighted by Gasteiger charge is 2.21. The molecule has 1 rings (SSSR count). The van der Waals surface area contributed by atoms with E-state index < -0.39 is 28.7 Å². The third-order valence-corrected chi connectivity index (χ3v) is 4.49. The van der Waals surface area contributed by atoms with Crippen LogP contribution in [0, 0.1) is 0 Å². The third kappa shape index (κ3) is 5.42. The van der Waals surface area contributed by atoms with E-state index in [-0.39, 0.29) is 5.75 Å². The van der Waals surface area contributed by atoms with Crippen LogP contribution in [0.4, 0.5) is 0 Å². The van der Waals surface area contributed by atoms with Gasteiger partial charge >= 0.3 is 5.97 Å². The number of carbonyl (C=O) groups is 2. The molecule has 100 valence electrons. The second-order valence-corrected chi connectivity index (χ2v) is 6.38. The molecule has 7 heteroatoms. The number of hydrogen-bond acceptors (Lipinski definition) is 4. The maximum Gasteiger partial charge on any atom is 0.327 e. The Kier molecular flexibility index (Phi) is 6.00. The normalized spacial score (nSPS) is 13.8. The minimum Gasteiger partial charge on any atom is -0.480 e. The van der Waals surface area contributed by atoms with E-state index in [9.17, 15) is 13.8 Å². The summed E-state index contributed by atoms with van der Waals surface area (Å²) in [4.78, 5) is 22.8. The summed E-state index contributed by atoms with van der Waals surface area (Å²) >= 11 is 1.58. The van der Waals surface area contributed by atoms with Crippen LogP contribution in [0.5, 0.6) is 0 Å². The molecule has 0 spiro atoms. The van der Waals surface area contributed by atoms with Gasteiger partial charge in [0, 0.05) is 28.4 Å². The molecule has 2 atom stereocenters. The number of amides is 1. The Morgan fingerprint density at radius 2 is 2.28 bits per heavy atom. The summed E-state index contributed by atoms with van der Waals surface area (Å²) in [5.41, 5.74) is 0. The fraction of sp³-hybridized carbons (Fsp3) is 0.455. The van der Waals surface area contributed by atoms with Gasteiger partial charge in [0.05, 0.1) is 5.75 Å². The van der Waals surface area contributed by atoms with Gasteiger partial charge in [0.2, 0.25) is 5.91 Å². The standard InChI is InChI=1S/C11H15NO4S2/c1-8(13)12-10(11(14)15)7-18(16)6-4-9-3-2-5-17-9/h2-3,5,10H,4,6-7H2,1H3,(H,12,13)(H,14,15). The highest BCUT2D eigenvalue weighted by Crippen LogP contribution is 2.09. The van der Waals surface area contributed by atoms with Crippen molar-refractivity contribution in [3.05, 3.63) is 22.4 Å². The molecule has 0 fully saturated rings. The summed E-state index contributed by atoms with van der Waals surface area (Å²) in [7, 11) is -1.26. The van der Waals surface area contributed by atoms with Crippen LogP contribution in [0.25, 0.3) is 0 Å². The molecule has 0 aromatic carbocycles. The average Bonchev–Trinajstić information content (AvgIpc) is 2.77. The number of rotatable bonds is 7. The van der Waals surface area contributed by atoms with Gasteiger partial charge in [-0.25, -0.2) is 4.79 Å². The molecule has 1 aromatic rings. The number of aryl methyl sites for hydroxylation is 1. The van der Waals surface area contributed by atoms with E-state index in [1.165, 1.54) is 6.92 Å². The molecule has 18 heavy (non-hydrogen) atoms. The zero-order valence-corrected chi connectivity index (χ0v) is 11.6. The van der Waals surface area contributed by atoms with Crippen molar-refractivity contribution >= 4 is 34.0 Å². The second kappa shape index (κ2) is 7.27. The Balaban J connectivity index is 2.41. The predicted molar refractivity (Wildman–Crippen MR) is 71.1 cm³/mol. The highest BCUT2D eigenvalue weighted by molar-refractivity contribution is 7.85. The van der Waals surface area contributed by atoms with Crippen molar-refractivity contribution in [2.24, 2.45) is 0 Å². The first-order valence-electron chi connectivity index (χ1n) is 5.36. The molecule has 0 saturated carbocycles. The maximum absolute atomic E-state index is 11.7. The van der Waals surface area contributed by atoms with Crippen LogP contribution >= 0.6 is 11.3 Å². The molecule has 2 unspecified atom stereocenters. The van der Waals surface area contributed by atoms with Crippen molar-refractivity contribution in [3.63, 3.8) is 0 Å². The molecule has 0 aliphatic carbocycles. The van der Waals surface area contributed by atoms with Gasteiger partial charge in [0.25, 0.3) is 0 Å². The molecule has 0 radical (unpaired) electrons. The van der Waals surface area contributed by atoms with Gasteiger partial charge in [-0.15, -0.1) is 11.3 Å². The summed E-state index contributed by atoms with van der Waals surface area (Å²) in [5.74, 6) is -1.24. The Labute approximate surface area is 112 Å². The fourth-order valence-corrected chi connectivity index (χ4v) is 3.41. The van der Waals surface area contributed by atoms with E-state index in [0.717, 1.165) is 4.88 Å². The van der Waals surface area contributed by atoms with Gasteiger partial charge < -0.3 is 10.4 Å². The highest BCUT2D eigenvalue weighted by atomic mass is 32.2. The molecular formula is C11H15NO4S2. The minimum atomic E-state index is -1.26. The Hall–Kier alpha value is -1.21. The van der Waals surface area contributed by atoms with Crippen molar-refractivity contribution in [2.75, 3.05) is 11.5 Å². The Bertz CT molecular complexity index is 430. The van der Waals surface area contributed by atoms with Crippen LogP contribution in [0.3, 0.4) is 0 Å². The molecule has 0 saturated heterocycles. The van der Waals surface area contributed by atoms with Gasteiger partial charge in [0.15, 0.2) is 0 Å². The van der Waals surface area contributed by atoms with Gasteiger partial charge in [-0.05, 0) is 17.9 Å². The fourth-order valence-electron chi connectivity index (χ4n) is 1.36. The number of carboxylic acids is 1. The average molecular weight is 289 g/mol. The smallest absolute Gasteiger partial charge is 0.327 e. The van der Waals surface area contributed by atoms with Gasteiger partial charge in [-0.2, -0.15) is 0 Å². The van der Waals surface area contributed by atoms with Crippen molar-refractivity contribution in [3.8, 4) is 0 Å². The summed E-state index contributed by atoms with van der Waals surface area (Å²) in [6.07, 6.45) is 0.663. The van der Waals surface area contributed by atoms with Crippen LogP contribution in [0.15, 0.2) is 17.5 Å². The zero-order valence-electron chi connectivity index (χ0n) is 9.92. The SMILES string of the molecule is CC(=O)NC(CS(=O)CCc1cccs1)C(=O)O. The first kappa shape index (κ1) is 14.8. The van der Waals surface area contributed by atoms with E-state index >= 15 is 0 Å². The summed E-state index contributed by atoms with van der Waals surface area (Å²) in [6.45, 7) is 1.24. The Morgan fingerprint density at radius 3 is 2.78 bits per heavy atom. The lowest BCUT2D eigenvalue weighted by molar-refractivity contribution is -0.140. The first-order valence-corrected chi connectivity index (χ1v) is 7.73. The molecule has 0 bridgehead atoms. The van der Waals surface area contributed by atoms with Crippen LogP contribution in [0.2, 0.25) is 0 Å². The van der Waals surface area contributed by atoms with E-state index in [4.69, 9.17) is 5.11 Å².